The average Bonchev–Trinajstić information content (AvgIpc) is 3.12. The summed E-state index contributed by atoms with van der Waals surface area (Å²) in [5, 5.41) is 0. The van der Waals surface area contributed by atoms with E-state index in [4.69, 9.17) is 4.42 Å². The van der Waals surface area contributed by atoms with Gasteiger partial charge in [0.15, 0.2) is 0 Å². The molecule has 0 saturated carbocycles. The normalized spacial score (nSPS) is 13.3. The predicted molar refractivity (Wildman–Crippen MR) is 94.6 cm³/mol. The topological polar surface area (TPSA) is 74.6 Å². The summed E-state index contributed by atoms with van der Waals surface area (Å²) in [6.45, 7) is 6.21. The summed E-state index contributed by atoms with van der Waals surface area (Å²) in [6.07, 6.45) is 1.61. The summed E-state index contributed by atoms with van der Waals surface area (Å²) < 4.78 is 35.1. The Morgan fingerprint density at radius 2 is 1.75 bits per heavy atom. The van der Waals surface area contributed by atoms with Crippen LogP contribution < -0.4 is 9.44 Å². The molecule has 7 heteroatoms. The molecule has 1 aromatic heterocycles. The number of nitrogens with zero attached hydrogens (tertiary/aromatic N) is 1. The minimum Gasteiger partial charge on any atom is -0.468 e. The molecule has 1 heterocycles. The average molecular weight is 351 g/mol. The Kier molecular flexibility index (Phi) is 6.99. The minimum absolute atomic E-state index is 0.136. The number of furan rings is 1. The quantitative estimate of drug-likeness (QED) is 0.689. The van der Waals surface area contributed by atoms with Gasteiger partial charge >= 0.3 is 0 Å². The van der Waals surface area contributed by atoms with Gasteiger partial charge in [0.25, 0.3) is 10.2 Å². The van der Waals surface area contributed by atoms with Gasteiger partial charge in [-0.15, -0.1) is 0 Å². The fourth-order valence-electron chi connectivity index (χ4n) is 2.57. The Morgan fingerprint density at radius 1 is 1.04 bits per heavy atom. The van der Waals surface area contributed by atoms with Crippen LogP contribution in [0.2, 0.25) is 0 Å². The van der Waals surface area contributed by atoms with E-state index in [1.165, 1.54) is 0 Å². The van der Waals surface area contributed by atoms with Crippen molar-refractivity contribution in [3.05, 3.63) is 60.1 Å². The van der Waals surface area contributed by atoms with E-state index >= 15 is 0 Å². The lowest BCUT2D eigenvalue weighted by atomic mass is 10.2. The molecule has 1 aromatic carbocycles. The van der Waals surface area contributed by atoms with E-state index in [0.717, 1.165) is 24.4 Å². The highest BCUT2D eigenvalue weighted by atomic mass is 32.2. The Labute approximate surface area is 144 Å². The van der Waals surface area contributed by atoms with Gasteiger partial charge in [-0.05, 0) is 30.8 Å². The monoisotopic (exact) mass is 351 g/mol. The zero-order valence-electron chi connectivity index (χ0n) is 14.1. The van der Waals surface area contributed by atoms with Crippen LogP contribution >= 0.6 is 0 Å². The summed E-state index contributed by atoms with van der Waals surface area (Å²) in [7, 11) is -3.58. The molecule has 0 aliphatic heterocycles. The second kappa shape index (κ2) is 8.98. The summed E-state index contributed by atoms with van der Waals surface area (Å²) in [6, 6.07) is 13.0. The van der Waals surface area contributed by atoms with Crippen molar-refractivity contribution in [1.29, 1.82) is 0 Å². The molecule has 2 rings (SSSR count). The van der Waals surface area contributed by atoms with E-state index in [1.807, 2.05) is 56.3 Å². The van der Waals surface area contributed by atoms with Crippen LogP contribution in [0.25, 0.3) is 0 Å². The first kappa shape index (κ1) is 18.7. The van der Waals surface area contributed by atoms with Crippen molar-refractivity contribution in [2.75, 3.05) is 19.6 Å². The highest BCUT2D eigenvalue weighted by Crippen LogP contribution is 2.20. The Hall–Kier alpha value is -1.67. The molecule has 0 aliphatic rings. The molecule has 0 fully saturated rings. The summed E-state index contributed by atoms with van der Waals surface area (Å²) in [5.41, 5.74) is 0.911. The fraction of sp³-hybridized carbons (Fsp3) is 0.412. The van der Waals surface area contributed by atoms with Crippen LogP contribution in [0.15, 0.2) is 53.1 Å². The molecule has 0 bridgehead atoms. The first-order valence-corrected chi connectivity index (χ1v) is 9.59. The lowest BCUT2D eigenvalue weighted by molar-refractivity contribution is 0.194. The molecular weight excluding hydrogens is 326 g/mol. The predicted octanol–water partition coefficient (Wildman–Crippen LogP) is 2.29. The van der Waals surface area contributed by atoms with E-state index < -0.39 is 10.2 Å². The van der Waals surface area contributed by atoms with Crippen LogP contribution in [0.5, 0.6) is 0 Å². The molecule has 24 heavy (non-hydrogen) atoms. The standard InChI is InChI=1S/C17H25N3O3S/c1-3-20(4-2)16(17-11-8-12-23-17)14-19-24(21,22)18-13-15-9-6-5-7-10-15/h5-12,16,18-19H,3-4,13-14H2,1-2H3/t16-/m0/s1. The van der Waals surface area contributed by atoms with E-state index in [-0.39, 0.29) is 19.1 Å². The molecular formula is C17H25N3O3S. The van der Waals surface area contributed by atoms with Crippen molar-refractivity contribution in [3.63, 3.8) is 0 Å². The fourth-order valence-corrected chi connectivity index (χ4v) is 3.40. The zero-order chi connectivity index (χ0) is 17.4. The van der Waals surface area contributed by atoms with Gasteiger partial charge in [-0.1, -0.05) is 44.2 Å². The van der Waals surface area contributed by atoms with Crippen LogP contribution in [0.4, 0.5) is 0 Å². The van der Waals surface area contributed by atoms with Crippen LogP contribution in [-0.2, 0) is 16.8 Å². The molecule has 1 atom stereocenters. The smallest absolute Gasteiger partial charge is 0.277 e. The van der Waals surface area contributed by atoms with Crippen LogP contribution in [0.3, 0.4) is 0 Å². The first-order valence-electron chi connectivity index (χ1n) is 8.11. The van der Waals surface area contributed by atoms with E-state index in [2.05, 4.69) is 14.3 Å². The zero-order valence-corrected chi connectivity index (χ0v) is 14.9. The third-order valence-corrected chi connectivity index (χ3v) is 4.97. The molecule has 6 nitrogen and oxygen atoms in total. The maximum Gasteiger partial charge on any atom is 0.277 e. The number of hydrogen-bond acceptors (Lipinski definition) is 4. The molecule has 0 spiro atoms. The highest BCUT2D eigenvalue weighted by Gasteiger charge is 2.22. The van der Waals surface area contributed by atoms with Gasteiger partial charge in [-0.25, -0.2) is 4.72 Å². The van der Waals surface area contributed by atoms with Gasteiger partial charge < -0.3 is 4.42 Å². The Bertz CT molecular complexity index is 683. The van der Waals surface area contributed by atoms with E-state index in [9.17, 15) is 8.42 Å². The van der Waals surface area contributed by atoms with Gasteiger partial charge in [0, 0.05) is 13.1 Å². The van der Waals surface area contributed by atoms with Crippen LogP contribution in [0, 0.1) is 0 Å². The first-order chi connectivity index (χ1) is 11.6. The van der Waals surface area contributed by atoms with E-state index in [1.54, 1.807) is 6.26 Å². The molecule has 0 unspecified atom stereocenters. The second-order valence-electron chi connectivity index (χ2n) is 5.41. The van der Waals surface area contributed by atoms with Crippen molar-refractivity contribution in [3.8, 4) is 0 Å². The van der Waals surface area contributed by atoms with Gasteiger partial charge in [0.1, 0.15) is 5.76 Å². The van der Waals surface area contributed by atoms with Crippen LogP contribution in [0.1, 0.15) is 31.2 Å². The maximum atomic E-state index is 12.2. The third-order valence-electron chi connectivity index (χ3n) is 3.90. The summed E-state index contributed by atoms with van der Waals surface area (Å²) >= 11 is 0. The molecule has 0 aliphatic carbocycles. The minimum atomic E-state index is -3.58. The van der Waals surface area contributed by atoms with Gasteiger partial charge in [0.05, 0.1) is 12.3 Å². The largest absolute Gasteiger partial charge is 0.468 e. The molecule has 132 valence electrons. The van der Waals surface area contributed by atoms with Gasteiger partial charge in [-0.2, -0.15) is 13.1 Å². The van der Waals surface area contributed by atoms with Gasteiger partial charge in [-0.3, -0.25) is 4.90 Å². The molecule has 2 aromatic rings. The third kappa shape index (κ3) is 5.45. The molecule has 2 N–H and O–H groups in total. The van der Waals surface area contributed by atoms with E-state index in [0.29, 0.717) is 0 Å². The lowest BCUT2D eigenvalue weighted by Gasteiger charge is -2.28. The van der Waals surface area contributed by atoms with Crippen molar-refractivity contribution in [1.82, 2.24) is 14.3 Å². The Morgan fingerprint density at radius 3 is 2.33 bits per heavy atom. The molecule has 0 radical (unpaired) electrons. The number of benzene rings is 1. The Balaban J connectivity index is 1.97. The van der Waals surface area contributed by atoms with Crippen molar-refractivity contribution >= 4 is 10.2 Å². The maximum absolute atomic E-state index is 12.2. The summed E-state index contributed by atoms with van der Waals surface area (Å²) in [4.78, 5) is 2.15. The van der Waals surface area contributed by atoms with Crippen LogP contribution in [-0.4, -0.2) is 33.0 Å². The number of likely N-dealkylation sites (N-methyl/N-ethyl adjacent to an activating group) is 1. The number of rotatable bonds is 10. The SMILES string of the molecule is CCN(CC)[C@@H](CNS(=O)(=O)NCc1ccccc1)c1ccco1. The molecule has 0 amide bonds. The number of nitrogens with one attached hydrogen (secondary N) is 2. The van der Waals surface area contributed by atoms with Crippen molar-refractivity contribution < 1.29 is 12.8 Å². The highest BCUT2D eigenvalue weighted by molar-refractivity contribution is 7.87. The molecule has 0 saturated heterocycles. The summed E-state index contributed by atoms with van der Waals surface area (Å²) in [5.74, 6) is 0.754. The number of hydrogen-bond donors (Lipinski definition) is 2. The second-order valence-corrected chi connectivity index (χ2v) is 7.00. The van der Waals surface area contributed by atoms with Crippen molar-refractivity contribution in [2.45, 2.75) is 26.4 Å². The van der Waals surface area contributed by atoms with Gasteiger partial charge in [0.2, 0.25) is 0 Å². The lowest BCUT2D eigenvalue weighted by Crippen LogP contribution is -2.42. The van der Waals surface area contributed by atoms with Crippen molar-refractivity contribution in [2.24, 2.45) is 0 Å².